The van der Waals surface area contributed by atoms with Gasteiger partial charge < -0.3 is 0 Å². The number of nitrogens with zero attached hydrogens (tertiary/aromatic N) is 4. The van der Waals surface area contributed by atoms with Gasteiger partial charge in [-0.3, -0.25) is 0 Å². The summed E-state index contributed by atoms with van der Waals surface area (Å²) in [5.41, 5.74) is 2.62. The van der Waals surface area contributed by atoms with Crippen molar-refractivity contribution in [3.05, 3.63) is 24.4 Å². The summed E-state index contributed by atoms with van der Waals surface area (Å²) >= 11 is 0. The van der Waals surface area contributed by atoms with Gasteiger partial charge in [-0.05, 0) is 11.8 Å². The fraction of sp³-hybridized carbons (Fsp3) is 0.455. The molecule has 0 bridgehead atoms. The third kappa shape index (κ3) is 2.46. The van der Waals surface area contributed by atoms with Gasteiger partial charge in [0.15, 0.2) is 5.65 Å². The Morgan fingerprint density at radius 1 is 1.13 bits per heavy atom. The van der Waals surface area contributed by atoms with E-state index in [1.54, 1.807) is 12.4 Å². The Kier molecular flexibility index (Phi) is 2.34. The van der Waals surface area contributed by atoms with Crippen molar-refractivity contribution in [1.82, 2.24) is 19.9 Å². The smallest absolute Gasteiger partial charge is 0.181 e. The van der Waals surface area contributed by atoms with Crippen LogP contribution in [0, 0.1) is 5.41 Å². The molecular weight excluding hydrogens is 188 g/mol. The Bertz CT molecular complexity index is 473. The van der Waals surface area contributed by atoms with Crippen molar-refractivity contribution < 1.29 is 0 Å². The summed E-state index contributed by atoms with van der Waals surface area (Å²) in [6.07, 6.45) is 5.88. The zero-order valence-corrected chi connectivity index (χ0v) is 9.23. The SMILES string of the molecule is CC(C)(C)Cc1cnc2cncnc2n1. The number of rotatable bonds is 1. The highest BCUT2D eigenvalue weighted by Crippen LogP contribution is 2.19. The molecule has 0 atom stereocenters. The van der Waals surface area contributed by atoms with Crippen molar-refractivity contribution in [1.29, 1.82) is 0 Å². The minimum absolute atomic E-state index is 0.218. The van der Waals surface area contributed by atoms with Crippen LogP contribution in [0.15, 0.2) is 18.7 Å². The summed E-state index contributed by atoms with van der Waals surface area (Å²) < 4.78 is 0. The second-order valence-electron chi connectivity index (χ2n) is 4.83. The molecule has 0 aliphatic carbocycles. The van der Waals surface area contributed by atoms with E-state index in [2.05, 4.69) is 40.7 Å². The molecule has 0 unspecified atom stereocenters. The topological polar surface area (TPSA) is 51.6 Å². The summed E-state index contributed by atoms with van der Waals surface area (Å²) in [5, 5.41) is 0. The lowest BCUT2D eigenvalue weighted by Crippen LogP contribution is -2.11. The fourth-order valence-electron chi connectivity index (χ4n) is 1.43. The highest BCUT2D eigenvalue weighted by atomic mass is 14.9. The van der Waals surface area contributed by atoms with E-state index in [1.807, 2.05) is 0 Å². The van der Waals surface area contributed by atoms with Gasteiger partial charge in [-0.25, -0.2) is 19.9 Å². The molecule has 0 N–H and O–H groups in total. The third-order valence-corrected chi connectivity index (χ3v) is 1.99. The molecule has 2 heterocycles. The Balaban J connectivity index is 2.39. The van der Waals surface area contributed by atoms with E-state index in [-0.39, 0.29) is 5.41 Å². The molecular formula is C11H14N4. The van der Waals surface area contributed by atoms with E-state index in [4.69, 9.17) is 0 Å². The molecule has 0 amide bonds. The molecule has 0 radical (unpaired) electrons. The summed E-state index contributed by atoms with van der Waals surface area (Å²) in [6.45, 7) is 6.54. The second kappa shape index (κ2) is 3.53. The molecule has 0 aliphatic heterocycles. The lowest BCUT2D eigenvalue weighted by Gasteiger charge is -2.16. The average molecular weight is 202 g/mol. The van der Waals surface area contributed by atoms with Gasteiger partial charge in [-0.1, -0.05) is 20.8 Å². The van der Waals surface area contributed by atoms with Gasteiger partial charge >= 0.3 is 0 Å². The molecule has 78 valence electrons. The van der Waals surface area contributed by atoms with Gasteiger partial charge in [0.25, 0.3) is 0 Å². The quantitative estimate of drug-likeness (QED) is 0.709. The van der Waals surface area contributed by atoms with Crippen LogP contribution >= 0.6 is 0 Å². The molecule has 4 nitrogen and oxygen atoms in total. The van der Waals surface area contributed by atoms with Crippen LogP contribution in [-0.2, 0) is 6.42 Å². The third-order valence-electron chi connectivity index (χ3n) is 1.99. The van der Waals surface area contributed by atoms with Crippen LogP contribution in [-0.4, -0.2) is 19.9 Å². The van der Waals surface area contributed by atoms with Crippen molar-refractivity contribution in [3.63, 3.8) is 0 Å². The van der Waals surface area contributed by atoms with E-state index >= 15 is 0 Å². The van der Waals surface area contributed by atoms with Gasteiger partial charge in [0.1, 0.15) is 11.8 Å². The van der Waals surface area contributed by atoms with E-state index < -0.39 is 0 Å². The van der Waals surface area contributed by atoms with Crippen molar-refractivity contribution in [3.8, 4) is 0 Å². The predicted octanol–water partition coefficient (Wildman–Crippen LogP) is 2.01. The van der Waals surface area contributed by atoms with E-state index in [9.17, 15) is 0 Å². The molecule has 2 aromatic heterocycles. The van der Waals surface area contributed by atoms with E-state index in [1.165, 1.54) is 6.33 Å². The number of aromatic nitrogens is 4. The molecule has 0 aliphatic rings. The van der Waals surface area contributed by atoms with Crippen LogP contribution in [0.3, 0.4) is 0 Å². The predicted molar refractivity (Wildman–Crippen MR) is 58.3 cm³/mol. The van der Waals surface area contributed by atoms with Gasteiger partial charge in [-0.15, -0.1) is 0 Å². The Morgan fingerprint density at radius 2 is 1.93 bits per heavy atom. The van der Waals surface area contributed by atoms with Gasteiger partial charge in [0.05, 0.1) is 11.9 Å². The molecule has 0 aromatic carbocycles. The van der Waals surface area contributed by atoms with Crippen LogP contribution in [0.4, 0.5) is 0 Å². The molecule has 0 saturated heterocycles. The minimum atomic E-state index is 0.218. The van der Waals surface area contributed by atoms with Gasteiger partial charge in [0, 0.05) is 6.20 Å². The summed E-state index contributed by atoms with van der Waals surface area (Å²) in [6, 6.07) is 0. The zero-order valence-electron chi connectivity index (χ0n) is 9.23. The largest absolute Gasteiger partial charge is 0.249 e. The Labute approximate surface area is 88.8 Å². The van der Waals surface area contributed by atoms with E-state index in [0.29, 0.717) is 5.65 Å². The van der Waals surface area contributed by atoms with Crippen molar-refractivity contribution in [2.75, 3.05) is 0 Å². The van der Waals surface area contributed by atoms with Crippen LogP contribution in [0.25, 0.3) is 11.2 Å². The summed E-state index contributed by atoms with van der Waals surface area (Å²) in [4.78, 5) is 16.7. The minimum Gasteiger partial charge on any atom is -0.249 e. The van der Waals surface area contributed by atoms with Crippen molar-refractivity contribution in [2.24, 2.45) is 5.41 Å². The number of hydrogen-bond acceptors (Lipinski definition) is 4. The van der Waals surface area contributed by atoms with Gasteiger partial charge in [-0.2, -0.15) is 0 Å². The molecule has 15 heavy (non-hydrogen) atoms. The number of hydrogen-bond donors (Lipinski definition) is 0. The van der Waals surface area contributed by atoms with Crippen LogP contribution < -0.4 is 0 Å². The molecule has 0 fully saturated rings. The monoisotopic (exact) mass is 202 g/mol. The highest BCUT2D eigenvalue weighted by molar-refractivity contribution is 5.67. The van der Waals surface area contributed by atoms with Crippen molar-refractivity contribution >= 4 is 11.2 Å². The van der Waals surface area contributed by atoms with E-state index in [0.717, 1.165) is 17.6 Å². The maximum absolute atomic E-state index is 4.45. The first-order valence-corrected chi connectivity index (χ1v) is 4.96. The maximum Gasteiger partial charge on any atom is 0.181 e. The summed E-state index contributed by atoms with van der Waals surface area (Å²) in [7, 11) is 0. The molecule has 2 rings (SSSR count). The zero-order chi connectivity index (χ0) is 10.9. The van der Waals surface area contributed by atoms with Crippen LogP contribution in [0.5, 0.6) is 0 Å². The van der Waals surface area contributed by atoms with Gasteiger partial charge in [0.2, 0.25) is 0 Å². The van der Waals surface area contributed by atoms with Crippen LogP contribution in [0.2, 0.25) is 0 Å². The first kappa shape index (κ1) is 9.96. The standard InChI is InChI=1S/C11H14N4/c1-11(2,3)4-8-5-13-9-6-12-7-14-10(9)15-8/h5-7H,4H2,1-3H3. The molecule has 2 aromatic rings. The average Bonchev–Trinajstić information content (AvgIpc) is 2.15. The lowest BCUT2D eigenvalue weighted by atomic mass is 9.91. The number of fused-ring (bicyclic) bond motifs is 1. The first-order chi connectivity index (χ1) is 7.04. The van der Waals surface area contributed by atoms with Crippen molar-refractivity contribution in [2.45, 2.75) is 27.2 Å². The highest BCUT2D eigenvalue weighted by Gasteiger charge is 2.13. The Hall–Kier alpha value is -1.58. The fourth-order valence-corrected chi connectivity index (χ4v) is 1.43. The van der Waals surface area contributed by atoms with Crippen LogP contribution in [0.1, 0.15) is 26.5 Å². The lowest BCUT2D eigenvalue weighted by molar-refractivity contribution is 0.406. The summed E-state index contributed by atoms with van der Waals surface area (Å²) in [5.74, 6) is 0. The molecule has 0 spiro atoms. The molecule has 0 saturated carbocycles. The maximum atomic E-state index is 4.45. The normalized spacial score (nSPS) is 11.9. The Morgan fingerprint density at radius 3 is 2.67 bits per heavy atom. The molecule has 4 heteroatoms. The first-order valence-electron chi connectivity index (χ1n) is 4.96. The second-order valence-corrected chi connectivity index (χ2v) is 4.83.